The first kappa shape index (κ1) is 12.2. The number of nitrogens with one attached hydrogen (secondary N) is 1. The Hall–Kier alpha value is -1.89. The molecule has 0 aliphatic carbocycles. The van der Waals surface area contributed by atoms with Crippen LogP contribution >= 0.6 is 0 Å². The molecule has 7 heteroatoms. The predicted molar refractivity (Wildman–Crippen MR) is 51.8 cm³/mol. The van der Waals surface area contributed by atoms with Crippen molar-refractivity contribution in [1.29, 1.82) is 0 Å². The number of carboxylic acids is 1. The summed E-state index contributed by atoms with van der Waals surface area (Å²) in [6.07, 6.45) is -1.20. The van der Waals surface area contributed by atoms with Crippen molar-refractivity contribution in [2.75, 3.05) is 0 Å². The number of nitrogens with zero attached hydrogens (tertiary/aromatic N) is 1. The summed E-state index contributed by atoms with van der Waals surface area (Å²) in [5.74, 6) is -1.58. The number of carbonyl (C=O) groups is 2. The Bertz CT molecular complexity index is 398. The number of carboxylic acid groups (broad SMARTS) is 1. The maximum Gasteiger partial charge on any atom is 0.328 e. The minimum Gasteiger partial charge on any atom is -0.480 e. The minimum absolute atomic E-state index is 0.0237. The molecule has 0 spiro atoms. The molecule has 16 heavy (non-hydrogen) atoms. The second-order valence-corrected chi connectivity index (χ2v) is 3.35. The number of hydrogen-bond donors (Lipinski definition) is 3. The molecule has 0 radical (unpaired) electrons. The lowest BCUT2D eigenvalue weighted by Crippen LogP contribution is -2.47. The van der Waals surface area contributed by atoms with Gasteiger partial charge in [-0.1, -0.05) is 5.16 Å². The van der Waals surface area contributed by atoms with Crippen LogP contribution in [0.4, 0.5) is 0 Å². The number of carbonyl (C=O) groups excluding carboxylic acids is 1. The van der Waals surface area contributed by atoms with Crippen molar-refractivity contribution in [2.45, 2.75) is 26.0 Å². The molecular formula is C9H12N2O5. The van der Waals surface area contributed by atoms with E-state index in [1.807, 2.05) is 0 Å². The molecule has 0 fully saturated rings. The van der Waals surface area contributed by atoms with Crippen LogP contribution in [0.5, 0.6) is 0 Å². The SMILES string of the molecule is Cc1cc(C(=O)NC(C(=O)O)C(C)O)no1. The second kappa shape index (κ2) is 4.75. The van der Waals surface area contributed by atoms with E-state index < -0.39 is 24.0 Å². The van der Waals surface area contributed by atoms with Gasteiger partial charge in [-0.3, -0.25) is 4.79 Å². The van der Waals surface area contributed by atoms with Crippen LogP contribution in [-0.2, 0) is 4.79 Å². The first-order valence-corrected chi connectivity index (χ1v) is 4.57. The first-order valence-electron chi connectivity index (χ1n) is 4.57. The maximum atomic E-state index is 11.5. The van der Waals surface area contributed by atoms with Gasteiger partial charge in [-0.05, 0) is 13.8 Å². The van der Waals surface area contributed by atoms with Crippen LogP contribution in [0.2, 0.25) is 0 Å². The van der Waals surface area contributed by atoms with Crippen LogP contribution < -0.4 is 5.32 Å². The zero-order valence-corrected chi connectivity index (χ0v) is 8.80. The van der Waals surface area contributed by atoms with E-state index in [9.17, 15) is 9.59 Å². The van der Waals surface area contributed by atoms with E-state index >= 15 is 0 Å². The van der Waals surface area contributed by atoms with E-state index in [4.69, 9.17) is 10.2 Å². The summed E-state index contributed by atoms with van der Waals surface area (Å²) in [5, 5.41) is 23.4. The molecule has 0 bridgehead atoms. The monoisotopic (exact) mass is 228 g/mol. The molecule has 3 N–H and O–H groups in total. The molecule has 1 amide bonds. The fraction of sp³-hybridized carbons (Fsp3) is 0.444. The van der Waals surface area contributed by atoms with E-state index in [2.05, 4.69) is 15.0 Å². The van der Waals surface area contributed by atoms with Crippen molar-refractivity contribution >= 4 is 11.9 Å². The van der Waals surface area contributed by atoms with E-state index in [-0.39, 0.29) is 5.69 Å². The fourth-order valence-corrected chi connectivity index (χ4v) is 1.08. The molecule has 0 aliphatic heterocycles. The zero-order valence-electron chi connectivity index (χ0n) is 8.80. The highest BCUT2D eigenvalue weighted by molar-refractivity contribution is 5.95. The largest absolute Gasteiger partial charge is 0.480 e. The van der Waals surface area contributed by atoms with Crippen LogP contribution in [0, 0.1) is 6.92 Å². The van der Waals surface area contributed by atoms with Crippen molar-refractivity contribution in [1.82, 2.24) is 10.5 Å². The third kappa shape index (κ3) is 2.80. The van der Waals surface area contributed by atoms with Crippen molar-refractivity contribution < 1.29 is 24.3 Å². The van der Waals surface area contributed by atoms with Crippen LogP contribution in [0.15, 0.2) is 10.6 Å². The normalized spacial score (nSPS) is 14.2. The Morgan fingerprint density at radius 1 is 1.56 bits per heavy atom. The van der Waals surface area contributed by atoms with Gasteiger partial charge in [0.1, 0.15) is 5.76 Å². The van der Waals surface area contributed by atoms with Crippen LogP contribution in [0.25, 0.3) is 0 Å². The third-order valence-corrected chi connectivity index (χ3v) is 1.90. The second-order valence-electron chi connectivity index (χ2n) is 3.35. The Morgan fingerprint density at radius 2 is 2.19 bits per heavy atom. The summed E-state index contributed by atoms with van der Waals surface area (Å²) < 4.78 is 4.67. The van der Waals surface area contributed by atoms with Crippen LogP contribution in [0.1, 0.15) is 23.2 Å². The molecule has 0 saturated heterocycles. The Labute approximate surface area is 91.0 Å². The maximum absolute atomic E-state index is 11.5. The minimum atomic E-state index is -1.37. The number of aryl methyl sites for hydroxylation is 1. The van der Waals surface area contributed by atoms with Crippen molar-refractivity contribution in [3.05, 3.63) is 17.5 Å². The number of aliphatic hydroxyl groups is 1. The lowest BCUT2D eigenvalue weighted by Gasteiger charge is -2.15. The van der Waals surface area contributed by atoms with Crippen molar-refractivity contribution in [3.8, 4) is 0 Å². The molecule has 2 unspecified atom stereocenters. The highest BCUT2D eigenvalue weighted by Gasteiger charge is 2.26. The molecule has 1 aromatic heterocycles. The lowest BCUT2D eigenvalue weighted by atomic mass is 10.2. The molecular weight excluding hydrogens is 216 g/mol. The molecule has 2 atom stereocenters. The first-order chi connectivity index (χ1) is 7.41. The van der Waals surface area contributed by atoms with E-state index in [0.29, 0.717) is 5.76 Å². The quantitative estimate of drug-likeness (QED) is 0.643. The van der Waals surface area contributed by atoms with Gasteiger partial charge in [0.15, 0.2) is 11.7 Å². The number of aliphatic hydroxyl groups excluding tert-OH is 1. The van der Waals surface area contributed by atoms with E-state index in [1.165, 1.54) is 13.0 Å². The fourth-order valence-electron chi connectivity index (χ4n) is 1.08. The van der Waals surface area contributed by atoms with Gasteiger partial charge >= 0.3 is 5.97 Å². The predicted octanol–water partition coefficient (Wildman–Crippen LogP) is -0.453. The molecule has 1 heterocycles. The highest BCUT2D eigenvalue weighted by atomic mass is 16.5. The number of aliphatic carboxylic acids is 1. The molecule has 1 aromatic rings. The smallest absolute Gasteiger partial charge is 0.328 e. The third-order valence-electron chi connectivity index (χ3n) is 1.90. The molecule has 0 saturated carbocycles. The van der Waals surface area contributed by atoms with Gasteiger partial charge in [0, 0.05) is 6.07 Å². The summed E-state index contributed by atoms with van der Waals surface area (Å²) in [5.41, 5.74) is -0.0237. The van der Waals surface area contributed by atoms with Gasteiger partial charge in [-0.25, -0.2) is 4.79 Å². The Kier molecular flexibility index (Phi) is 3.62. The van der Waals surface area contributed by atoms with E-state index in [0.717, 1.165) is 0 Å². The number of hydrogen-bond acceptors (Lipinski definition) is 5. The molecule has 88 valence electrons. The van der Waals surface area contributed by atoms with Crippen LogP contribution in [0.3, 0.4) is 0 Å². The summed E-state index contributed by atoms with van der Waals surface area (Å²) in [6, 6.07) is 0.000487. The standard InChI is InChI=1S/C9H12N2O5/c1-4-3-6(11-16-4)8(13)10-7(5(2)12)9(14)15/h3,5,7,12H,1-2H3,(H,10,13)(H,14,15). The summed E-state index contributed by atoms with van der Waals surface area (Å²) in [4.78, 5) is 22.2. The van der Waals surface area contributed by atoms with Gasteiger partial charge in [-0.2, -0.15) is 0 Å². The molecule has 0 aliphatic rings. The van der Waals surface area contributed by atoms with Gasteiger partial charge in [0.05, 0.1) is 6.10 Å². The summed E-state index contributed by atoms with van der Waals surface area (Å²) >= 11 is 0. The van der Waals surface area contributed by atoms with Gasteiger partial charge in [-0.15, -0.1) is 0 Å². The zero-order chi connectivity index (χ0) is 12.3. The van der Waals surface area contributed by atoms with Gasteiger partial charge in [0.2, 0.25) is 0 Å². The van der Waals surface area contributed by atoms with Crippen LogP contribution in [-0.4, -0.2) is 39.4 Å². The van der Waals surface area contributed by atoms with Crippen molar-refractivity contribution in [3.63, 3.8) is 0 Å². The number of amides is 1. The van der Waals surface area contributed by atoms with Crippen molar-refractivity contribution in [2.24, 2.45) is 0 Å². The Balaban J connectivity index is 2.73. The van der Waals surface area contributed by atoms with E-state index in [1.54, 1.807) is 6.92 Å². The van der Waals surface area contributed by atoms with Gasteiger partial charge < -0.3 is 20.1 Å². The topological polar surface area (TPSA) is 113 Å². The number of rotatable bonds is 4. The number of aromatic nitrogens is 1. The summed E-state index contributed by atoms with van der Waals surface area (Å²) in [7, 11) is 0. The average Bonchev–Trinajstić information content (AvgIpc) is 2.59. The molecule has 0 aromatic carbocycles. The summed E-state index contributed by atoms with van der Waals surface area (Å²) in [6.45, 7) is 2.88. The van der Waals surface area contributed by atoms with Gasteiger partial charge in [0.25, 0.3) is 5.91 Å². The average molecular weight is 228 g/mol. The molecule has 1 rings (SSSR count). The highest BCUT2D eigenvalue weighted by Crippen LogP contribution is 2.02. The lowest BCUT2D eigenvalue weighted by molar-refractivity contribution is -0.141. The molecule has 7 nitrogen and oxygen atoms in total. The Morgan fingerprint density at radius 3 is 2.56 bits per heavy atom.